The first-order valence-corrected chi connectivity index (χ1v) is 5.01. The molecule has 1 aromatic carbocycles. The summed E-state index contributed by atoms with van der Waals surface area (Å²) in [5.74, 6) is 1.82. The van der Waals surface area contributed by atoms with Gasteiger partial charge in [-0.1, -0.05) is 24.3 Å². The molecule has 2 aliphatic rings. The minimum Gasteiger partial charge on any atom is -0.493 e. The monoisotopic (exact) mass is 200 g/mol. The van der Waals surface area contributed by atoms with Crippen molar-refractivity contribution >= 4 is 11.1 Å². The van der Waals surface area contributed by atoms with E-state index in [1.54, 1.807) is 14.2 Å². The van der Waals surface area contributed by atoms with Crippen LogP contribution in [0.1, 0.15) is 17.5 Å². The van der Waals surface area contributed by atoms with Gasteiger partial charge < -0.3 is 9.47 Å². The first-order chi connectivity index (χ1) is 7.36. The Morgan fingerprint density at radius 1 is 0.867 bits per heavy atom. The fourth-order valence-electron chi connectivity index (χ4n) is 2.49. The molecule has 3 rings (SSSR count). The average molecular weight is 200 g/mol. The number of ether oxygens (including phenoxy) is 2. The maximum Gasteiger partial charge on any atom is 0.165 e. The molecule has 0 unspecified atom stereocenters. The number of allylic oxidation sites excluding steroid dienone is 2. The van der Waals surface area contributed by atoms with Crippen molar-refractivity contribution in [1.82, 2.24) is 0 Å². The summed E-state index contributed by atoms with van der Waals surface area (Å²) in [5, 5.41) is 0. The van der Waals surface area contributed by atoms with Crippen LogP contribution in [-0.4, -0.2) is 14.2 Å². The van der Waals surface area contributed by atoms with E-state index < -0.39 is 0 Å². The summed E-state index contributed by atoms with van der Waals surface area (Å²) in [5.41, 5.74) is 5.12. The van der Waals surface area contributed by atoms with Gasteiger partial charge in [-0.05, 0) is 11.1 Å². The number of methoxy groups -OCH3 is 2. The largest absolute Gasteiger partial charge is 0.493 e. The van der Waals surface area contributed by atoms with E-state index in [1.165, 1.54) is 22.3 Å². The summed E-state index contributed by atoms with van der Waals surface area (Å²) in [6.07, 6.45) is 0.950. The van der Waals surface area contributed by atoms with Gasteiger partial charge >= 0.3 is 0 Å². The van der Waals surface area contributed by atoms with Gasteiger partial charge in [0, 0.05) is 17.6 Å². The summed E-state index contributed by atoms with van der Waals surface area (Å²) < 4.78 is 10.8. The molecule has 0 saturated heterocycles. The molecule has 0 fully saturated rings. The van der Waals surface area contributed by atoms with Crippen molar-refractivity contribution < 1.29 is 9.47 Å². The third-order valence-corrected chi connectivity index (χ3v) is 3.09. The Morgan fingerprint density at radius 2 is 1.33 bits per heavy atom. The molecule has 76 valence electrons. The predicted octanol–water partition coefficient (Wildman–Crippen LogP) is 2.82. The van der Waals surface area contributed by atoms with Crippen LogP contribution in [0, 0.1) is 0 Å². The molecule has 2 bridgehead atoms. The van der Waals surface area contributed by atoms with E-state index in [0.29, 0.717) is 0 Å². The second-order valence-corrected chi connectivity index (χ2v) is 3.75. The van der Waals surface area contributed by atoms with Crippen LogP contribution >= 0.6 is 0 Å². The van der Waals surface area contributed by atoms with Gasteiger partial charge in [-0.25, -0.2) is 0 Å². The van der Waals surface area contributed by atoms with Crippen molar-refractivity contribution in [3.63, 3.8) is 0 Å². The number of rotatable bonds is 2. The summed E-state index contributed by atoms with van der Waals surface area (Å²) >= 11 is 0. The van der Waals surface area contributed by atoms with Gasteiger partial charge in [-0.2, -0.15) is 0 Å². The van der Waals surface area contributed by atoms with E-state index in [9.17, 15) is 0 Å². The zero-order valence-corrected chi connectivity index (χ0v) is 8.83. The Balaban J connectivity index is 2.29. The number of hydrogen-bond donors (Lipinski definition) is 0. The van der Waals surface area contributed by atoms with Crippen LogP contribution in [0.3, 0.4) is 0 Å². The molecule has 2 aliphatic carbocycles. The summed E-state index contributed by atoms with van der Waals surface area (Å²) in [6, 6.07) is 8.41. The summed E-state index contributed by atoms with van der Waals surface area (Å²) in [7, 11) is 3.40. The number of fused-ring (bicyclic) bond motifs is 5. The van der Waals surface area contributed by atoms with Gasteiger partial charge in [-0.3, -0.25) is 0 Å². The second-order valence-electron chi connectivity index (χ2n) is 3.75. The quantitative estimate of drug-likeness (QED) is 0.730. The molecule has 0 saturated carbocycles. The standard InChI is InChI=1S/C13H12O2/c1-14-12-10-7-11(13(12)15-2)9-6-4-3-5-8(9)10/h3-6H,7H2,1-2H3. The molecule has 0 spiro atoms. The third kappa shape index (κ3) is 0.938. The van der Waals surface area contributed by atoms with Crippen molar-refractivity contribution in [3.05, 3.63) is 46.9 Å². The molecule has 0 aromatic heterocycles. The Labute approximate surface area is 88.8 Å². The lowest BCUT2D eigenvalue weighted by atomic mass is 10.0. The molecule has 15 heavy (non-hydrogen) atoms. The van der Waals surface area contributed by atoms with Crippen molar-refractivity contribution in [2.24, 2.45) is 0 Å². The topological polar surface area (TPSA) is 18.5 Å². The minimum atomic E-state index is 0.909. The molecule has 0 atom stereocenters. The van der Waals surface area contributed by atoms with Crippen molar-refractivity contribution in [3.8, 4) is 0 Å². The normalized spacial score (nSPS) is 17.2. The van der Waals surface area contributed by atoms with E-state index in [1.807, 2.05) is 0 Å². The van der Waals surface area contributed by atoms with Gasteiger partial charge in [-0.15, -0.1) is 0 Å². The molecule has 0 amide bonds. The molecule has 0 aliphatic heterocycles. The van der Waals surface area contributed by atoms with Crippen LogP contribution in [0.5, 0.6) is 0 Å². The maximum absolute atomic E-state index is 5.40. The van der Waals surface area contributed by atoms with Gasteiger partial charge in [0.1, 0.15) is 0 Å². The highest BCUT2D eigenvalue weighted by molar-refractivity contribution is 6.00. The first-order valence-electron chi connectivity index (χ1n) is 5.01. The molecule has 0 heterocycles. The van der Waals surface area contributed by atoms with Crippen LogP contribution in [-0.2, 0) is 9.47 Å². The molecule has 0 radical (unpaired) electrons. The number of benzene rings is 1. The van der Waals surface area contributed by atoms with E-state index >= 15 is 0 Å². The fraction of sp³-hybridized carbons (Fsp3) is 0.231. The van der Waals surface area contributed by atoms with Gasteiger partial charge in [0.15, 0.2) is 11.5 Å². The lowest BCUT2D eigenvalue weighted by molar-refractivity contribution is 0.225. The highest BCUT2D eigenvalue weighted by atomic mass is 16.5. The molecule has 1 aromatic rings. The minimum absolute atomic E-state index is 0.909. The van der Waals surface area contributed by atoms with Crippen molar-refractivity contribution in [1.29, 1.82) is 0 Å². The lowest BCUT2D eigenvalue weighted by Crippen LogP contribution is -2.00. The van der Waals surface area contributed by atoms with Crippen LogP contribution in [0.2, 0.25) is 0 Å². The van der Waals surface area contributed by atoms with Gasteiger partial charge in [0.05, 0.1) is 14.2 Å². The van der Waals surface area contributed by atoms with Gasteiger partial charge in [0.2, 0.25) is 0 Å². The van der Waals surface area contributed by atoms with E-state index in [-0.39, 0.29) is 0 Å². The highest BCUT2D eigenvalue weighted by Crippen LogP contribution is 2.51. The molecular weight excluding hydrogens is 188 g/mol. The fourth-order valence-corrected chi connectivity index (χ4v) is 2.49. The number of hydrogen-bond acceptors (Lipinski definition) is 2. The zero-order chi connectivity index (χ0) is 10.4. The Hall–Kier alpha value is -1.70. The first kappa shape index (κ1) is 8.60. The summed E-state index contributed by atoms with van der Waals surface area (Å²) in [4.78, 5) is 0. The summed E-state index contributed by atoms with van der Waals surface area (Å²) in [6.45, 7) is 0. The zero-order valence-electron chi connectivity index (χ0n) is 8.83. The molecule has 2 heteroatoms. The van der Waals surface area contributed by atoms with Crippen LogP contribution in [0.4, 0.5) is 0 Å². The smallest absolute Gasteiger partial charge is 0.165 e. The van der Waals surface area contributed by atoms with E-state index in [2.05, 4.69) is 24.3 Å². The van der Waals surface area contributed by atoms with Crippen LogP contribution in [0.25, 0.3) is 11.1 Å². The van der Waals surface area contributed by atoms with Crippen molar-refractivity contribution in [2.45, 2.75) is 6.42 Å². The van der Waals surface area contributed by atoms with Gasteiger partial charge in [0.25, 0.3) is 0 Å². The predicted molar refractivity (Wildman–Crippen MR) is 58.9 cm³/mol. The van der Waals surface area contributed by atoms with Crippen LogP contribution in [0.15, 0.2) is 35.8 Å². The SMILES string of the molecule is COC1=C2CC(=C1OC)c1ccccc12. The van der Waals surface area contributed by atoms with Crippen LogP contribution < -0.4 is 0 Å². The average Bonchev–Trinajstić information content (AvgIpc) is 2.84. The lowest BCUT2D eigenvalue weighted by Gasteiger charge is -2.15. The molecule has 2 nitrogen and oxygen atoms in total. The van der Waals surface area contributed by atoms with E-state index in [0.717, 1.165) is 17.9 Å². The molecule has 0 N–H and O–H groups in total. The Morgan fingerprint density at radius 3 is 1.73 bits per heavy atom. The third-order valence-electron chi connectivity index (χ3n) is 3.09. The van der Waals surface area contributed by atoms with Crippen molar-refractivity contribution in [2.75, 3.05) is 14.2 Å². The Bertz CT molecular complexity index is 450. The Kier molecular flexibility index (Phi) is 1.66. The molecular formula is C13H12O2. The highest BCUT2D eigenvalue weighted by Gasteiger charge is 2.35. The van der Waals surface area contributed by atoms with E-state index in [4.69, 9.17) is 9.47 Å². The second kappa shape index (κ2) is 2.89. The maximum atomic E-state index is 5.40.